The molecule has 13 nitrogen and oxygen atoms in total. The van der Waals surface area contributed by atoms with Crippen LogP contribution in [0, 0.1) is 11.3 Å². The number of nitriles is 1. The second kappa shape index (κ2) is 10.3. The minimum Gasteiger partial charge on any atom is -0.477 e. The van der Waals surface area contributed by atoms with Crippen LogP contribution in [0.5, 0.6) is 0 Å². The number of amides is 2. The molecular weight excluding hydrogens is 553 g/mol. The lowest BCUT2D eigenvalue weighted by Crippen LogP contribution is -2.71. The summed E-state index contributed by atoms with van der Waals surface area (Å²) in [6, 6.07) is 1.10. The molecule has 4 N–H and O–H groups in total. The van der Waals surface area contributed by atoms with Gasteiger partial charge >= 0.3 is 12.1 Å². The summed E-state index contributed by atoms with van der Waals surface area (Å²) < 4.78 is 44.4. The topological polar surface area (TPSA) is 188 Å². The maximum Gasteiger partial charge on any atom is 0.418 e. The fourth-order valence-corrected chi connectivity index (χ4v) is 5.58. The lowest BCUT2D eigenvalue weighted by atomic mass is 10.0. The number of alkyl halides is 3. The van der Waals surface area contributed by atoms with Crippen molar-refractivity contribution < 1.29 is 42.1 Å². The van der Waals surface area contributed by atoms with Crippen molar-refractivity contribution in [2.45, 2.75) is 24.1 Å². The molecule has 0 aliphatic carbocycles. The molecule has 0 unspecified atom stereocenters. The Balaban J connectivity index is 1.56. The number of β-lactam (4-membered cyclic amide) rings is 1. The number of carbonyl (C=O) groups excluding carboxylic acids is 2. The zero-order chi connectivity index (χ0) is 27.8. The third-order valence-electron chi connectivity index (χ3n) is 5.40. The molecule has 0 radical (unpaired) electrons. The van der Waals surface area contributed by atoms with E-state index in [0.717, 1.165) is 46.7 Å². The Morgan fingerprint density at radius 3 is 2.79 bits per heavy atom. The summed E-state index contributed by atoms with van der Waals surface area (Å²) in [6.45, 7) is -0.184. The number of hydrogen-bond acceptors (Lipinski definition) is 11. The van der Waals surface area contributed by atoms with Crippen molar-refractivity contribution in [2.24, 2.45) is 5.16 Å². The Labute approximate surface area is 219 Å². The first-order valence-corrected chi connectivity index (χ1v) is 12.2. The minimum absolute atomic E-state index is 0.0712. The number of fused-ring (bicyclic) bond motifs is 1. The molecule has 198 valence electrons. The average molecular weight is 570 g/mol. The molecule has 2 aromatic heterocycles. The molecule has 2 aliphatic heterocycles. The number of carboxylic acids is 1. The van der Waals surface area contributed by atoms with Gasteiger partial charge in [0.15, 0.2) is 24.1 Å². The molecule has 4 rings (SSSR count). The lowest BCUT2D eigenvalue weighted by Gasteiger charge is -2.49. The lowest BCUT2D eigenvalue weighted by molar-refractivity contribution is -0.689. The number of carbonyl (C=O) groups is 3. The van der Waals surface area contributed by atoms with Crippen LogP contribution in [0.1, 0.15) is 17.0 Å². The molecule has 0 aromatic carbocycles. The number of pyridine rings is 1. The normalized spacial score (nSPS) is 19.4. The second-order valence-corrected chi connectivity index (χ2v) is 9.64. The van der Waals surface area contributed by atoms with E-state index in [9.17, 15) is 32.7 Å². The van der Waals surface area contributed by atoms with Crippen molar-refractivity contribution in [3.8, 4) is 6.07 Å². The van der Waals surface area contributed by atoms with Crippen molar-refractivity contribution in [3.05, 3.63) is 46.7 Å². The maximum atomic E-state index is 13.1. The number of nitrogens with two attached hydrogens (primary N) is 1. The van der Waals surface area contributed by atoms with E-state index in [1.807, 2.05) is 0 Å². The van der Waals surface area contributed by atoms with Crippen LogP contribution in [0.3, 0.4) is 0 Å². The molecule has 38 heavy (non-hydrogen) atoms. The summed E-state index contributed by atoms with van der Waals surface area (Å²) in [5.41, 5.74) is 3.33. The van der Waals surface area contributed by atoms with E-state index in [1.165, 1.54) is 17.7 Å². The number of anilines is 1. The molecule has 2 amide bonds. The van der Waals surface area contributed by atoms with Crippen LogP contribution in [-0.2, 0) is 31.9 Å². The van der Waals surface area contributed by atoms with E-state index in [4.69, 9.17) is 11.0 Å². The van der Waals surface area contributed by atoms with Gasteiger partial charge in [0, 0.05) is 28.9 Å². The van der Waals surface area contributed by atoms with Gasteiger partial charge in [-0.25, -0.2) is 4.79 Å². The van der Waals surface area contributed by atoms with Gasteiger partial charge in [-0.2, -0.15) is 32.4 Å². The number of hydrogen-bond donors (Lipinski definition) is 3. The van der Waals surface area contributed by atoms with Gasteiger partial charge in [0.25, 0.3) is 11.8 Å². The number of carboxylic acid groups (broad SMARTS) is 1. The summed E-state index contributed by atoms with van der Waals surface area (Å²) in [6.07, 6.45) is -2.70. The summed E-state index contributed by atoms with van der Waals surface area (Å²) in [4.78, 5) is 47.3. The van der Waals surface area contributed by atoms with E-state index >= 15 is 0 Å². The Kier molecular flexibility index (Phi) is 7.24. The highest BCUT2D eigenvalue weighted by Crippen LogP contribution is 2.40. The van der Waals surface area contributed by atoms with Crippen molar-refractivity contribution in [1.82, 2.24) is 19.6 Å². The van der Waals surface area contributed by atoms with Crippen molar-refractivity contribution in [3.63, 3.8) is 0 Å². The molecule has 2 aromatic rings. The standard InChI is InChI=1S/C20H15F3N8O5S2/c1-36-28-11(14-27-19(25)38-29-14)15(32)26-12-16(33)31-13(18(34)35)9(7-37-17(12)31)6-30-3-2-10(20(21,22)23)8(4-24)5-30/h2-3,5,12,17H,6-7H2,1H3,(H3-,25,26,27,29,32,34,35)/p+1/b28-11-/t12-,17-/m1/s1. The van der Waals surface area contributed by atoms with Crippen LogP contribution < -0.4 is 15.6 Å². The fraction of sp³-hybridized carbons (Fsp3) is 0.300. The number of nitrogen functional groups attached to an aromatic ring is 1. The molecule has 2 aliphatic rings. The zero-order valence-corrected chi connectivity index (χ0v) is 20.7. The van der Waals surface area contributed by atoms with Crippen LogP contribution in [0.25, 0.3) is 0 Å². The van der Waals surface area contributed by atoms with Crippen LogP contribution in [0.15, 0.2) is 34.9 Å². The Morgan fingerprint density at radius 2 is 2.21 bits per heavy atom. The first kappa shape index (κ1) is 26.8. The molecule has 2 atom stereocenters. The van der Waals surface area contributed by atoms with E-state index in [2.05, 4.69) is 24.7 Å². The Hall–Kier alpha value is -4.24. The fourth-order valence-electron chi connectivity index (χ4n) is 3.81. The smallest absolute Gasteiger partial charge is 0.418 e. The molecule has 0 bridgehead atoms. The third kappa shape index (κ3) is 4.97. The summed E-state index contributed by atoms with van der Waals surface area (Å²) >= 11 is 1.96. The number of oxime groups is 1. The van der Waals surface area contributed by atoms with Gasteiger partial charge in [-0.15, -0.1) is 11.8 Å². The summed E-state index contributed by atoms with van der Waals surface area (Å²) in [5.74, 6) is -3.03. The van der Waals surface area contributed by atoms with Gasteiger partial charge in [-0.3, -0.25) is 14.5 Å². The quantitative estimate of drug-likeness (QED) is 0.178. The van der Waals surface area contributed by atoms with Crippen molar-refractivity contribution in [2.75, 3.05) is 18.6 Å². The molecule has 4 heterocycles. The van der Waals surface area contributed by atoms with Gasteiger partial charge in [0.05, 0.1) is 5.56 Å². The monoisotopic (exact) mass is 569 g/mol. The number of halogens is 3. The highest BCUT2D eigenvalue weighted by molar-refractivity contribution is 8.00. The minimum atomic E-state index is -4.73. The van der Waals surface area contributed by atoms with Crippen LogP contribution >= 0.6 is 23.3 Å². The van der Waals surface area contributed by atoms with E-state index in [-0.39, 0.29) is 40.2 Å². The van der Waals surface area contributed by atoms with Gasteiger partial charge in [-0.1, -0.05) is 5.16 Å². The van der Waals surface area contributed by atoms with Gasteiger partial charge < -0.3 is 21.0 Å². The molecule has 1 fully saturated rings. The molecular formula is C20H16F3N8O5S2+. The zero-order valence-electron chi connectivity index (χ0n) is 19.1. The number of thioether (sulfide) groups is 1. The predicted octanol–water partition coefficient (Wildman–Crippen LogP) is 0.0876. The van der Waals surface area contributed by atoms with E-state index in [0.29, 0.717) is 0 Å². The van der Waals surface area contributed by atoms with Gasteiger partial charge in [0.1, 0.15) is 35.9 Å². The molecule has 0 spiro atoms. The Morgan fingerprint density at radius 1 is 1.47 bits per heavy atom. The third-order valence-corrected chi connectivity index (χ3v) is 7.29. The van der Waals surface area contributed by atoms with Crippen LogP contribution in [0.4, 0.5) is 18.3 Å². The largest absolute Gasteiger partial charge is 0.477 e. The number of rotatable bonds is 7. The second-order valence-electron chi connectivity index (χ2n) is 7.75. The van der Waals surface area contributed by atoms with Crippen LogP contribution in [0.2, 0.25) is 0 Å². The highest BCUT2D eigenvalue weighted by Gasteiger charge is 2.55. The van der Waals surface area contributed by atoms with Crippen molar-refractivity contribution >= 4 is 51.9 Å². The van der Waals surface area contributed by atoms with E-state index < -0.39 is 46.5 Å². The first-order chi connectivity index (χ1) is 18.0. The average Bonchev–Trinajstić information content (AvgIpc) is 3.30. The summed E-state index contributed by atoms with van der Waals surface area (Å²) in [5, 5.41) is 24.3. The number of nitrogens with zero attached hydrogens (tertiary/aromatic N) is 6. The number of aliphatic carboxylic acids is 1. The van der Waals surface area contributed by atoms with Crippen LogP contribution in [-0.4, -0.2) is 67.1 Å². The summed E-state index contributed by atoms with van der Waals surface area (Å²) in [7, 11) is 1.19. The molecule has 18 heteroatoms. The van der Waals surface area contributed by atoms with Crippen molar-refractivity contribution in [1.29, 1.82) is 5.26 Å². The van der Waals surface area contributed by atoms with Gasteiger partial charge in [0.2, 0.25) is 11.5 Å². The van der Waals surface area contributed by atoms with Gasteiger partial charge in [-0.05, 0) is 0 Å². The SMILES string of the molecule is CO/N=C(\C(=O)N[C@@H]1C(=O)N2C(C(=O)O)=C(C[n+]3ccc(C(F)(F)F)c(C#N)c3)CS[C@H]12)c1nsc(N)n1. The molecule has 0 saturated carbocycles. The van der Waals surface area contributed by atoms with E-state index in [1.54, 1.807) is 0 Å². The number of nitrogens with one attached hydrogen (secondary N) is 1. The Bertz CT molecular complexity index is 1430. The molecule has 1 saturated heterocycles. The first-order valence-electron chi connectivity index (χ1n) is 10.4. The highest BCUT2D eigenvalue weighted by atomic mass is 32.2. The predicted molar refractivity (Wildman–Crippen MR) is 124 cm³/mol. The maximum absolute atomic E-state index is 13.1. The number of aromatic nitrogens is 3.